The van der Waals surface area contributed by atoms with Crippen molar-refractivity contribution in [3.05, 3.63) is 30.1 Å². The molecule has 5 nitrogen and oxygen atoms in total. The van der Waals surface area contributed by atoms with Gasteiger partial charge < -0.3 is 19.7 Å². The second kappa shape index (κ2) is 9.47. The summed E-state index contributed by atoms with van der Waals surface area (Å²) in [6, 6.07) is 5.89. The summed E-state index contributed by atoms with van der Waals surface area (Å²) in [5, 5.41) is 3.27. The highest BCUT2D eigenvalue weighted by molar-refractivity contribution is 5.79. The fourth-order valence-electron chi connectivity index (χ4n) is 2.66. The van der Waals surface area contributed by atoms with E-state index in [0.29, 0.717) is 32.1 Å². The van der Waals surface area contributed by atoms with Crippen molar-refractivity contribution in [2.24, 2.45) is 5.92 Å². The van der Waals surface area contributed by atoms with Crippen molar-refractivity contribution in [2.75, 3.05) is 46.5 Å². The lowest BCUT2D eigenvalue weighted by Crippen LogP contribution is -2.45. The van der Waals surface area contributed by atoms with Gasteiger partial charge in [0, 0.05) is 20.2 Å². The number of carbonyl (C=O) groups is 1. The van der Waals surface area contributed by atoms with E-state index in [-0.39, 0.29) is 17.6 Å². The third kappa shape index (κ3) is 5.80. The van der Waals surface area contributed by atoms with Crippen molar-refractivity contribution >= 4 is 5.91 Å². The second-order valence-corrected chi connectivity index (χ2v) is 5.66. The lowest BCUT2D eigenvalue weighted by atomic mass is 9.98. The van der Waals surface area contributed by atoms with Crippen LogP contribution in [0.3, 0.4) is 0 Å². The van der Waals surface area contributed by atoms with Gasteiger partial charge in [-0.25, -0.2) is 4.39 Å². The van der Waals surface area contributed by atoms with Crippen molar-refractivity contribution in [2.45, 2.75) is 12.8 Å². The Balaban J connectivity index is 1.84. The lowest BCUT2D eigenvalue weighted by molar-refractivity contribution is -0.137. The monoisotopic (exact) mass is 324 g/mol. The molecule has 6 heteroatoms. The highest BCUT2D eigenvalue weighted by atomic mass is 19.1. The minimum absolute atomic E-state index is 0.0337. The predicted octanol–water partition coefficient (Wildman–Crippen LogP) is 1.68. The van der Waals surface area contributed by atoms with Gasteiger partial charge in [0.15, 0.2) is 0 Å². The number of piperidine rings is 1. The molecule has 1 saturated heterocycles. The molecule has 0 saturated carbocycles. The number of nitrogens with zero attached hydrogens (tertiary/aromatic N) is 1. The number of carbonyl (C=O) groups excluding carboxylic acids is 1. The Labute approximate surface area is 136 Å². The van der Waals surface area contributed by atoms with Gasteiger partial charge in [-0.05, 0) is 43.7 Å². The van der Waals surface area contributed by atoms with Gasteiger partial charge in [0.2, 0.25) is 5.91 Å². The van der Waals surface area contributed by atoms with Crippen LogP contribution in [-0.2, 0) is 9.53 Å². The molecule has 1 aromatic carbocycles. The van der Waals surface area contributed by atoms with Crippen LogP contribution in [0.2, 0.25) is 0 Å². The molecular weight excluding hydrogens is 299 g/mol. The van der Waals surface area contributed by atoms with Crippen LogP contribution in [0, 0.1) is 11.7 Å². The number of ether oxygens (including phenoxy) is 2. The van der Waals surface area contributed by atoms with Crippen molar-refractivity contribution in [3.63, 3.8) is 0 Å². The number of nitrogens with one attached hydrogen (secondary N) is 1. The van der Waals surface area contributed by atoms with Crippen LogP contribution in [-0.4, -0.2) is 57.3 Å². The summed E-state index contributed by atoms with van der Waals surface area (Å²) < 4.78 is 23.5. The number of halogens is 1. The summed E-state index contributed by atoms with van der Waals surface area (Å²) in [5.41, 5.74) is 0. The molecule has 1 fully saturated rings. The van der Waals surface area contributed by atoms with Crippen LogP contribution in [0.4, 0.5) is 4.39 Å². The van der Waals surface area contributed by atoms with Crippen LogP contribution < -0.4 is 10.1 Å². The van der Waals surface area contributed by atoms with Crippen LogP contribution in [0.1, 0.15) is 12.8 Å². The van der Waals surface area contributed by atoms with Crippen LogP contribution in [0.15, 0.2) is 24.3 Å². The molecule has 1 atom stereocenters. The number of benzene rings is 1. The Hall–Kier alpha value is -1.66. The normalized spacial score (nSPS) is 17.7. The first kappa shape index (κ1) is 17.7. The minimum Gasteiger partial charge on any atom is -0.492 e. The van der Waals surface area contributed by atoms with E-state index in [2.05, 4.69) is 5.32 Å². The average molecular weight is 324 g/mol. The van der Waals surface area contributed by atoms with Gasteiger partial charge in [-0.1, -0.05) is 0 Å². The lowest BCUT2D eigenvalue weighted by Gasteiger charge is -2.29. The Kier molecular flexibility index (Phi) is 7.29. The van der Waals surface area contributed by atoms with Gasteiger partial charge in [-0.3, -0.25) is 4.79 Å². The van der Waals surface area contributed by atoms with E-state index in [1.165, 1.54) is 12.1 Å². The zero-order chi connectivity index (χ0) is 16.5. The van der Waals surface area contributed by atoms with E-state index in [0.717, 1.165) is 25.9 Å². The van der Waals surface area contributed by atoms with Crippen LogP contribution >= 0.6 is 0 Å². The summed E-state index contributed by atoms with van der Waals surface area (Å²) in [4.78, 5) is 14.4. The van der Waals surface area contributed by atoms with Gasteiger partial charge in [0.25, 0.3) is 0 Å². The van der Waals surface area contributed by atoms with E-state index in [4.69, 9.17) is 9.47 Å². The first-order valence-corrected chi connectivity index (χ1v) is 8.07. The third-order valence-electron chi connectivity index (χ3n) is 3.97. The van der Waals surface area contributed by atoms with Gasteiger partial charge in [0.1, 0.15) is 18.2 Å². The van der Waals surface area contributed by atoms with Crippen LogP contribution in [0.5, 0.6) is 5.75 Å². The molecule has 1 N–H and O–H groups in total. The van der Waals surface area contributed by atoms with Gasteiger partial charge in [-0.2, -0.15) is 0 Å². The summed E-state index contributed by atoms with van der Waals surface area (Å²) >= 11 is 0. The Bertz CT molecular complexity index is 475. The molecule has 1 aliphatic heterocycles. The van der Waals surface area contributed by atoms with E-state index < -0.39 is 0 Å². The predicted molar refractivity (Wildman–Crippen MR) is 85.9 cm³/mol. The molecule has 0 spiro atoms. The average Bonchev–Trinajstić information content (AvgIpc) is 2.60. The number of methoxy groups -OCH3 is 1. The molecule has 128 valence electrons. The second-order valence-electron chi connectivity index (χ2n) is 5.66. The quantitative estimate of drug-likeness (QED) is 0.790. The molecule has 1 aliphatic rings. The number of hydrogen-bond acceptors (Lipinski definition) is 4. The minimum atomic E-state index is -0.293. The van der Waals surface area contributed by atoms with Gasteiger partial charge in [-0.15, -0.1) is 0 Å². The van der Waals surface area contributed by atoms with E-state index in [1.807, 2.05) is 0 Å². The smallest absolute Gasteiger partial charge is 0.227 e. The maximum absolute atomic E-state index is 12.9. The van der Waals surface area contributed by atoms with Gasteiger partial charge in [0.05, 0.1) is 19.1 Å². The standard InChI is InChI=1S/C17H25FN2O3/c1-22-11-9-20(17(21)14-3-2-8-19-13-14)10-12-23-16-6-4-15(18)5-7-16/h4-7,14,19H,2-3,8-13H2,1H3. The SMILES string of the molecule is COCCN(CCOc1ccc(F)cc1)C(=O)C1CCCNC1. The Morgan fingerprint density at radius 1 is 1.30 bits per heavy atom. The number of amides is 1. The first-order valence-electron chi connectivity index (χ1n) is 8.07. The van der Waals surface area contributed by atoms with Crippen LogP contribution in [0.25, 0.3) is 0 Å². The largest absolute Gasteiger partial charge is 0.492 e. The molecule has 23 heavy (non-hydrogen) atoms. The van der Waals surface area contributed by atoms with E-state index in [9.17, 15) is 9.18 Å². The van der Waals surface area contributed by atoms with Crippen molar-refractivity contribution in [1.82, 2.24) is 10.2 Å². The molecule has 0 aromatic heterocycles. The molecular formula is C17H25FN2O3. The summed E-state index contributed by atoms with van der Waals surface area (Å²) in [6.07, 6.45) is 1.95. The summed E-state index contributed by atoms with van der Waals surface area (Å²) in [5.74, 6) is 0.493. The zero-order valence-corrected chi connectivity index (χ0v) is 13.6. The molecule has 1 heterocycles. The zero-order valence-electron chi connectivity index (χ0n) is 13.6. The van der Waals surface area contributed by atoms with Gasteiger partial charge >= 0.3 is 0 Å². The Morgan fingerprint density at radius 2 is 2.04 bits per heavy atom. The highest BCUT2D eigenvalue weighted by Gasteiger charge is 2.25. The molecule has 0 aliphatic carbocycles. The van der Waals surface area contributed by atoms with Crippen molar-refractivity contribution in [1.29, 1.82) is 0 Å². The number of rotatable bonds is 8. The fourth-order valence-corrected chi connectivity index (χ4v) is 2.66. The van der Waals surface area contributed by atoms with E-state index >= 15 is 0 Å². The summed E-state index contributed by atoms with van der Waals surface area (Å²) in [6.45, 7) is 3.65. The molecule has 2 rings (SSSR count). The Morgan fingerprint density at radius 3 is 2.70 bits per heavy atom. The number of hydrogen-bond donors (Lipinski definition) is 1. The molecule has 1 amide bonds. The molecule has 0 radical (unpaired) electrons. The highest BCUT2D eigenvalue weighted by Crippen LogP contribution is 2.14. The third-order valence-corrected chi connectivity index (χ3v) is 3.97. The maximum Gasteiger partial charge on any atom is 0.227 e. The van der Waals surface area contributed by atoms with Crippen molar-refractivity contribution in [3.8, 4) is 5.75 Å². The molecule has 0 bridgehead atoms. The maximum atomic E-state index is 12.9. The topological polar surface area (TPSA) is 50.8 Å². The first-order chi connectivity index (χ1) is 11.2. The summed E-state index contributed by atoms with van der Waals surface area (Å²) in [7, 11) is 1.62. The molecule has 1 unspecified atom stereocenters. The molecule has 1 aromatic rings. The fraction of sp³-hybridized carbons (Fsp3) is 0.588. The van der Waals surface area contributed by atoms with Crippen molar-refractivity contribution < 1.29 is 18.7 Å². The van der Waals surface area contributed by atoms with E-state index in [1.54, 1.807) is 24.1 Å².